The van der Waals surface area contributed by atoms with Crippen LogP contribution in [-0.2, 0) is 4.74 Å². The molecule has 1 N–H and O–H groups in total. The lowest BCUT2D eigenvalue weighted by Gasteiger charge is -2.38. The average Bonchev–Trinajstić information content (AvgIpc) is 3.15. The highest BCUT2D eigenvalue weighted by atomic mass is 35.5. The molecule has 2 fully saturated rings. The summed E-state index contributed by atoms with van der Waals surface area (Å²) in [5, 5.41) is 15.0. The fourth-order valence-corrected chi connectivity index (χ4v) is 3.96. The zero-order valence-electron chi connectivity index (χ0n) is 16.8. The highest BCUT2D eigenvalue weighted by Crippen LogP contribution is 2.39. The molecule has 9 nitrogen and oxygen atoms in total. The molecule has 0 atom stereocenters. The van der Waals surface area contributed by atoms with Crippen molar-refractivity contribution in [2.45, 2.75) is 19.3 Å². The second kappa shape index (κ2) is 10.1. The lowest BCUT2D eigenvalue weighted by molar-refractivity contribution is -0.385. The van der Waals surface area contributed by atoms with Crippen molar-refractivity contribution in [2.24, 2.45) is 5.41 Å². The monoisotopic (exact) mass is 429 g/mol. The van der Waals surface area contributed by atoms with Crippen LogP contribution in [0.5, 0.6) is 11.5 Å². The number of rotatable bonds is 7. The van der Waals surface area contributed by atoms with E-state index in [9.17, 15) is 14.9 Å². The summed E-state index contributed by atoms with van der Waals surface area (Å²) in [6, 6.07) is 2.66. The van der Waals surface area contributed by atoms with Gasteiger partial charge in [-0.3, -0.25) is 14.9 Å². The zero-order valence-corrected chi connectivity index (χ0v) is 17.6. The summed E-state index contributed by atoms with van der Waals surface area (Å²) in [6.45, 7) is 3.76. The molecule has 2 saturated heterocycles. The quantitative estimate of drug-likeness (QED) is 0.403. The normalized spacial score (nSPS) is 17.7. The molecule has 1 amide bonds. The van der Waals surface area contributed by atoms with Gasteiger partial charge < -0.3 is 24.4 Å². The zero-order chi connectivity index (χ0) is 20.1. The fraction of sp³-hybridized carbons (Fsp3) is 0.632. The Morgan fingerprint density at radius 2 is 1.93 bits per heavy atom. The largest absolute Gasteiger partial charge is 0.493 e. The molecule has 0 bridgehead atoms. The first-order valence-corrected chi connectivity index (χ1v) is 9.48. The Morgan fingerprint density at radius 1 is 1.21 bits per heavy atom. The van der Waals surface area contributed by atoms with E-state index in [0.717, 1.165) is 32.4 Å². The van der Waals surface area contributed by atoms with Crippen LogP contribution < -0.4 is 14.8 Å². The minimum Gasteiger partial charge on any atom is -0.493 e. The van der Waals surface area contributed by atoms with Gasteiger partial charge in [0.1, 0.15) is 12.2 Å². The molecule has 0 radical (unpaired) electrons. The second-order valence-corrected chi connectivity index (χ2v) is 7.34. The van der Waals surface area contributed by atoms with E-state index in [0.29, 0.717) is 25.4 Å². The number of ether oxygens (including phenoxy) is 3. The van der Waals surface area contributed by atoms with Crippen LogP contribution in [0, 0.1) is 15.5 Å². The summed E-state index contributed by atoms with van der Waals surface area (Å²) in [7, 11) is 2.98. The number of carbonyl (C=O) groups is 1. The molecule has 29 heavy (non-hydrogen) atoms. The number of nitro benzene ring substituents is 1. The topological polar surface area (TPSA) is 103 Å². The first-order chi connectivity index (χ1) is 13.5. The summed E-state index contributed by atoms with van der Waals surface area (Å²) in [6.07, 6.45) is 2.94. The number of hydrogen-bond donors (Lipinski definition) is 1. The molecule has 0 saturated carbocycles. The van der Waals surface area contributed by atoms with E-state index >= 15 is 0 Å². The highest BCUT2D eigenvalue weighted by Gasteiger charge is 2.39. The lowest BCUT2D eigenvalue weighted by Crippen LogP contribution is -2.44. The van der Waals surface area contributed by atoms with Gasteiger partial charge in [-0.05, 0) is 31.2 Å². The number of methoxy groups -OCH3 is 2. The van der Waals surface area contributed by atoms with Gasteiger partial charge in [0.05, 0.1) is 24.7 Å². The number of piperidine rings is 1. The minimum atomic E-state index is -0.553. The summed E-state index contributed by atoms with van der Waals surface area (Å²) in [5.74, 6) is 0.171. The van der Waals surface area contributed by atoms with Gasteiger partial charge in [0.25, 0.3) is 11.6 Å². The number of likely N-dealkylation sites (tertiary alicyclic amines) is 1. The number of amides is 1. The molecule has 2 heterocycles. The van der Waals surface area contributed by atoms with E-state index in [1.54, 1.807) is 4.90 Å². The summed E-state index contributed by atoms with van der Waals surface area (Å²) < 4.78 is 15.7. The van der Waals surface area contributed by atoms with Crippen LogP contribution in [0.2, 0.25) is 0 Å². The van der Waals surface area contributed by atoms with Crippen molar-refractivity contribution in [3.63, 3.8) is 0 Å². The molecule has 3 rings (SSSR count). The van der Waals surface area contributed by atoms with Crippen molar-refractivity contribution in [1.29, 1.82) is 0 Å². The number of nitro groups is 1. The fourth-order valence-electron chi connectivity index (χ4n) is 3.96. The molecule has 1 spiro atoms. The maximum absolute atomic E-state index is 13.1. The number of benzene rings is 1. The molecule has 1 aromatic carbocycles. The third-order valence-corrected chi connectivity index (χ3v) is 5.70. The molecule has 2 aliphatic rings. The molecule has 162 valence electrons. The van der Waals surface area contributed by atoms with E-state index in [4.69, 9.17) is 14.2 Å². The van der Waals surface area contributed by atoms with Crippen LogP contribution in [0.4, 0.5) is 5.69 Å². The van der Waals surface area contributed by atoms with E-state index in [1.807, 2.05) is 0 Å². The first-order valence-electron chi connectivity index (χ1n) is 9.48. The van der Waals surface area contributed by atoms with Gasteiger partial charge in [0.15, 0.2) is 11.5 Å². The Bertz CT molecular complexity index is 729. The summed E-state index contributed by atoms with van der Waals surface area (Å²) in [5.41, 5.74) is 0.0156. The van der Waals surface area contributed by atoms with Crippen molar-refractivity contribution >= 4 is 24.0 Å². The Balaban J connectivity index is 0.00000300. The van der Waals surface area contributed by atoms with E-state index in [1.165, 1.54) is 26.4 Å². The smallest absolute Gasteiger partial charge is 0.286 e. The molecular formula is C19H28ClN3O6. The van der Waals surface area contributed by atoms with Gasteiger partial charge in [-0.2, -0.15) is 0 Å². The predicted molar refractivity (Wildman–Crippen MR) is 109 cm³/mol. The van der Waals surface area contributed by atoms with E-state index in [-0.39, 0.29) is 47.3 Å². The maximum atomic E-state index is 13.1. The number of halogens is 1. The Kier molecular flexibility index (Phi) is 8.06. The van der Waals surface area contributed by atoms with Crippen molar-refractivity contribution in [1.82, 2.24) is 10.2 Å². The molecule has 1 aromatic rings. The molecule has 10 heteroatoms. The maximum Gasteiger partial charge on any atom is 0.286 e. The van der Waals surface area contributed by atoms with Gasteiger partial charge in [0, 0.05) is 32.8 Å². The Morgan fingerprint density at radius 3 is 2.48 bits per heavy atom. The van der Waals surface area contributed by atoms with Crippen LogP contribution in [0.1, 0.15) is 29.6 Å². The predicted octanol–water partition coefficient (Wildman–Crippen LogP) is 2.27. The number of carbonyl (C=O) groups excluding carboxylic acids is 1. The molecule has 0 aliphatic carbocycles. The number of nitrogens with one attached hydrogen (secondary N) is 1. The van der Waals surface area contributed by atoms with Crippen LogP contribution in [-0.4, -0.2) is 69.3 Å². The first kappa shape index (κ1) is 23.2. The van der Waals surface area contributed by atoms with Crippen LogP contribution in [0.15, 0.2) is 12.1 Å². The molecule has 2 aliphatic heterocycles. The van der Waals surface area contributed by atoms with Crippen molar-refractivity contribution < 1.29 is 23.9 Å². The molecule has 0 unspecified atom stereocenters. The third kappa shape index (κ3) is 5.09. The van der Waals surface area contributed by atoms with E-state index < -0.39 is 4.92 Å². The van der Waals surface area contributed by atoms with Crippen LogP contribution in [0.3, 0.4) is 0 Å². The van der Waals surface area contributed by atoms with E-state index in [2.05, 4.69) is 5.32 Å². The Labute approximate surface area is 176 Å². The Hall–Kier alpha value is -2.10. The highest BCUT2D eigenvalue weighted by molar-refractivity contribution is 5.99. The lowest BCUT2D eigenvalue weighted by atomic mass is 9.78. The number of nitrogens with zero attached hydrogens (tertiary/aromatic N) is 2. The third-order valence-electron chi connectivity index (χ3n) is 5.70. The standard InChI is InChI=1S/C19H27N3O6.ClH/c1-26-9-10-28-17-12-15(22(24)25)14(11-16(17)27-2)18(23)21-7-4-19(5-8-21)3-6-20-13-19;/h11-12,20H,3-10,13H2,1-2H3;1H. The van der Waals surface area contributed by atoms with Gasteiger partial charge in [-0.15, -0.1) is 12.4 Å². The van der Waals surface area contributed by atoms with Crippen molar-refractivity contribution in [3.05, 3.63) is 27.8 Å². The van der Waals surface area contributed by atoms with Crippen LogP contribution in [0.25, 0.3) is 0 Å². The molecular weight excluding hydrogens is 402 g/mol. The summed E-state index contributed by atoms with van der Waals surface area (Å²) in [4.78, 5) is 25.8. The van der Waals surface area contributed by atoms with Crippen molar-refractivity contribution in [3.8, 4) is 11.5 Å². The van der Waals surface area contributed by atoms with Gasteiger partial charge in [-0.1, -0.05) is 0 Å². The van der Waals surface area contributed by atoms with Gasteiger partial charge in [0.2, 0.25) is 0 Å². The summed E-state index contributed by atoms with van der Waals surface area (Å²) >= 11 is 0. The average molecular weight is 430 g/mol. The van der Waals surface area contributed by atoms with Crippen molar-refractivity contribution in [2.75, 3.05) is 53.6 Å². The van der Waals surface area contributed by atoms with Gasteiger partial charge >= 0.3 is 0 Å². The number of hydrogen-bond acceptors (Lipinski definition) is 7. The van der Waals surface area contributed by atoms with Gasteiger partial charge in [-0.25, -0.2) is 0 Å². The molecule has 0 aromatic heterocycles. The second-order valence-electron chi connectivity index (χ2n) is 7.34. The van der Waals surface area contributed by atoms with Crippen LogP contribution >= 0.6 is 12.4 Å². The SMILES string of the molecule is COCCOc1cc([N+](=O)[O-])c(C(=O)N2CCC3(CCNC3)CC2)cc1OC.Cl. The minimum absolute atomic E-state index is 0.